The predicted octanol–water partition coefficient (Wildman–Crippen LogP) is 2.02. The molecule has 0 aliphatic heterocycles. The van der Waals surface area contributed by atoms with Crippen LogP contribution < -0.4 is 5.73 Å². The van der Waals surface area contributed by atoms with Crippen molar-refractivity contribution in [1.82, 2.24) is 4.98 Å². The normalized spacial score (nSPS) is 13.8. The number of rotatable bonds is 3. The first-order valence-electron chi connectivity index (χ1n) is 4.50. The fourth-order valence-electron chi connectivity index (χ4n) is 1.54. The third-order valence-electron chi connectivity index (χ3n) is 2.34. The van der Waals surface area contributed by atoms with Crippen molar-refractivity contribution < 1.29 is 0 Å². The van der Waals surface area contributed by atoms with Crippen LogP contribution in [-0.2, 0) is 0 Å². The zero-order chi connectivity index (χ0) is 9.14. The van der Waals surface area contributed by atoms with Crippen molar-refractivity contribution >= 4 is 0 Å². The Morgan fingerprint density at radius 2 is 2.17 bits per heavy atom. The van der Waals surface area contributed by atoms with Gasteiger partial charge in [-0.25, -0.2) is 0 Å². The van der Waals surface area contributed by atoms with Crippen LogP contribution in [0.1, 0.15) is 31.0 Å². The fourth-order valence-corrected chi connectivity index (χ4v) is 1.54. The lowest BCUT2D eigenvalue weighted by Gasteiger charge is -2.16. The van der Waals surface area contributed by atoms with Crippen LogP contribution in [0, 0.1) is 12.8 Å². The third kappa shape index (κ3) is 1.89. The second kappa shape index (κ2) is 3.76. The van der Waals surface area contributed by atoms with Crippen molar-refractivity contribution in [3.8, 4) is 0 Å². The Balaban J connectivity index is 2.80. The summed E-state index contributed by atoms with van der Waals surface area (Å²) in [7, 11) is 0. The predicted molar refractivity (Wildman–Crippen MR) is 52.2 cm³/mol. The van der Waals surface area contributed by atoms with E-state index in [0.29, 0.717) is 11.8 Å². The van der Waals surface area contributed by atoms with Gasteiger partial charge < -0.3 is 10.7 Å². The standard InChI is InChI=1S/C10H18N2/c1-7(2)10(5-11)9-4-8(3)12-6-9/h4,6-7,10,12H,5,11H2,1-3H3. The van der Waals surface area contributed by atoms with Gasteiger partial charge in [0.2, 0.25) is 0 Å². The Morgan fingerprint density at radius 1 is 1.50 bits per heavy atom. The molecule has 0 saturated carbocycles. The topological polar surface area (TPSA) is 41.8 Å². The van der Waals surface area contributed by atoms with Gasteiger partial charge in [0.05, 0.1) is 0 Å². The largest absolute Gasteiger partial charge is 0.365 e. The summed E-state index contributed by atoms with van der Waals surface area (Å²) in [5, 5.41) is 0. The third-order valence-corrected chi connectivity index (χ3v) is 2.34. The van der Waals surface area contributed by atoms with Crippen LogP contribution >= 0.6 is 0 Å². The van der Waals surface area contributed by atoms with Crippen LogP contribution in [0.2, 0.25) is 0 Å². The number of hydrogen-bond acceptors (Lipinski definition) is 1. The molecule has 1 unspecified atom stereocenters. The smallest absolute Gasteiger partial charge is 0.0118 e. The second-order valence-electron chi connectivity index (χ2n) is 3.70. The number of hydrogen-bond donors (Lipinski definition) is 2. The highest BCUT2D eigenvalue weighted by atomic mass is 14.7. The van der Waals surface area contributed by atoms with Crippen molar-refractivity contribution in [1.29, 1.82) is 0 Å². The molecule has 2 heteroatoms. The monoisotopic (exact) mass is 166 g/mol. The highest BCUT2D eigenvalue weighted by molar-refractivity contribution is 5.20. The summed E-state index contributed by atoms with van der Waals surface area (Å²) in [6, 6.07) is 2.18. The Labute approximate surface area is 74.2 Å². The van der Waals surface area contributed by atoms with Crippen molar-refractivity contribution in [3.05, 3.63) is 23.5 Å². The molecule has 1 atom stereocenters. The molecule has 68 valence electrons. The Kier molecular flexibility index (Phi) is 2.93. The van der Waals surface area contributed by atoms with E-state index in [1.54, 1.807) is 0 Å². The quantitative estimate of drug-likeness (QED) is 0.708. The van der Waals surface area contributed by atoms with Crippen LogP contribution in [-0.4, -0.2) is 11.5 Å². The first-order chi connectivity index (χ1) is 5.65. The van der Waals surface area contributed by atoms with E-state index in [-0.39, 0.29) is 0 Å². The molecule has 1 rings (SSSR count). The van der Waals surface area contributed by atoms with Gasteiger partial charge in [-0.15, -0.1) is 0 Å². The van der Waals surface area contributed by atoms with Crippen LogP contribution in [0.4, 0.5) is 0 Å². The molecule has 1 aromatic rings. The van der Waals surface area contributed by atoms with Gasteiger partial charge >= 0.3 is 0 Å². The lowest BCUT2D eigenvalue weighted by Crippen LogP contribution is -2.17. The maximum absolute atomic E-state index is 5.70. The van der Waals surface area contributed by atoms with Crippen LogP contribution in [0.5, 0.6) is 0 Å². The molecule has 12 heavy (non-hydrogen) atoms. The summed E-state index contributed by atoms with van der Waals surface area (Å²) >= 11 is 0. The molecule has 1 aromatic heterocycles. The Bertz CT molecular complexity index is 238. The summed E-state index contributed by atoms with van der Waals surface area (Å²) < 4.78 is 0. The van der Waals surface area contributed by atoms with E-state index in [2.05, 4.69) is 38.0 Å². The molecule has 0 aromatic carbocycles. The van der Waals surface area contributed by atoms with Gasteiger partial charge in [0.25, 0.3) is 0 Å². The fraction of sp³-hybridized carbons (Fsp3) is 0.600. The lowest BCUT2D eigenvalue weighted by molar-refractivity contribution is 0.507. The van der Waals surface area contributed by atoms with Gasteiger partial charge in [-0.3, -0.25) is 0 Å². The first-order valence-corrected chi connectivity index (χ1v) is 4.50. The maximum atomic E-state index is 5.70. The second-order valence-corrected chi connectivity index (χ2v) is 3.70. The summed E-state index contributed by atoms with van der Waals surface area (Å²) in [5.41, 5.74) is 8.25. The van der Waals surface area contributed by atoms with Gasteiger partial charge in [0.15, 0.2) is 0 Å². The van der Waals surface area contributed by atoms with E-state index in [4.69, 9.17) is 5.73 Å². The minimum Gasteiger partial charge on any atom is -0.365 e. The van der Waals surface area contributed by atoms with Crippen molar-refractivity contribution in [2.45, 2.75) is 26.7 Å². The van der Waals surface area contributed by atoms with E-state index in [1.807, 2.05) is 0 Å². The zero-order valence-electron chi connectivity index (χ0n) is 8.09. The van der Waals surface area contributed by atoms with Gasteiger partial charge in [-0.2, -0.15) is 0 Å². The number of nitrogens with two attached hydrogens (primary N) is 1. The van der Waals surface area contributed by atoms with Crippen molar-refractivity contribution in [2.75, 3.05) is 6.54 Å². The SMILES string of the molecule is Cc1cc(C(CN)C(C)C)c[nH]1. The molecule has 0 saturated heterocycles. The summed E-state index contributed by atoms with van der Waals surface area (Å²) in [4.78, 5) is 3.18. The van der Waals surface area contributed by atoms with Gasteiger partial charge in [0.1, 0.15) is 0 Å². The Hall–Kier alpha value is -0.760. The molecule has 0 aliphatic carbocycles. The molecule has 0 amide bonds. The number of nitrogens with one attached hydrogen (secondary N) is 1. The maximum Gasteiger partial charge on any atom is 0.0118 e. The minimum absolute atomic E-state index is 0.495. The van der Waals surface area contributed by atoms with Crippen molar-refractivity contribution in [3.63, 3.8) is 0 Å². The van der Waals surface area contributed by atoms with E-state index in [9.17, 15) is 0 Å². The van der Waals surface area contributed by atoms with Gasteiger partial charge in [-0.1, -0.05) is 13.8 Å². The molecule has 3 N–H and O–H groups in total. The molecule has 0 fully saturated rings. The molecule has 2 nitrogen and oxygen atoms in total. The van der Waals surface area contributed by atoms with Crippen molar-refractivity contribution in [2.24, 2.45) is 11.7 Å². The number of aromatic amines is 1. The van der Waals surface area contributed by atoms with E-state index in [0.717, 1.165) is 6.54 Å². The van der Waals surface area contributed by atoms with Crippen LogP contribution in [0.15, 0.2) is 12.3 Å². The Morgan fingerprint density at radius 3 is 2.50 bits per heavy atom. The molecular formula is C10H18N2. The number of aryl methyl sites for hydroxylation is 1. The molecule has 0 spiro atoms. The molecule has 0 radical (unpaired) electrons. The highest BCUT2D eigenvalue weighted by Gasteiger charge is 2.14. The zero-order valence-corrected chi connectivity index (χ0v) is 8.09. The lowest BCUT2D eigenvalue weighted by atomic mass is 9.90. The molecular weight excluding hydrogens is 148 g/mol. The first kappa shape index (κ1) is 9.33. The summed E-state index contributed by atoms with van der Waals surface area (Å²) in [6.45, 7) is 7.21. The van der Waals surface area contributed by atoms with Gasteiger partial charge in [0, 0.05) is 11.9 Å². The average Bonchev–Trinajstić information content (AvgIpc) is 2.37. The van der Waals surface area contributed by atoms with E-state index < -0.39 is 0 Å². The van der Waals surface area contributed by atoms with Gasteiger partial charge in [-0.05, 0) is 36.9 Å². The van der Waals surface area contributed by atoms with Crippen LogP contribution in [0.25, 0.3) is 0 Å². The summed E-state index contributed by atoms with van der Waals surface area (Å²) in [6.07, 6.45) is 2.06. The number of H-pyrrole nitrogens is 1. The van der Waals surface area contributed by atoms with Crippen LogP contribution in [0.3, 0.4) is 0 Å². The number of aromatic nitrogens is 1. The minimum atomic E-state index is 0.495. The molecule has 1 heterocycles. The van der Waals surface area contributed by atoms with E-state index in [1.165, 1.54) is 11.3 Å². The van der Waals surface area contributed by atoms with E-state index >= 15 is 0 Å². The molecule has 0 aliphatic rings. The summed E-state index contributed by atoms with van der Waals surface area (Å²) in [5.74, 6) is 1.11. The molecule has 0 bridgehead atoms. The highest BCUT2D eigenvalue weighted by Crippen LogP contribution is 2.23. The average molecular weight is 166 g/mol.